The molecule has 0 fully saturated rings. The number of rotatable bonds is 6. The van der Waals surface area contributed by atoms with Crippen LogP contribution < -0.4 is 5.73 Å². The summed E-state index contributed by atoms with van der Waals surface area (Å²) in [6.07, 6.45) is 5.44. The fraction of sp³-hybridized carbons (Fsp3) is 0.267. The molecule has 1 heterocycles. The molecule has 0 bridgehead atoms. The quantitative estimate of drug-likeness (QED) is 0.641. The molecule has 0 atom stereocenters. The average Bonchev–Trinajstić information content (AvgIpc) is 2.38. The number of hydrogen-bond acceptors (Lipinski definition) is 3. The number of halogens is 1. The van der Waals surface area contributed by atoms with Crippen LogP contribution in [0.25, 0.3) is 0 Å². The Balaban J connectivity index is 1.69. The zero-order chi connectivity index (χ0) is 13.5. The fourth-order valence-electron chi connectivity index (χ4n) is 1.88. The van der Waals surface area contributed by atoms with Gasteiger partial charge in [0.1, 0.15) is 5.82 Å². The number of anilines is 1. The van der Waals surface area contributed by atoms with Gasteiger partial charge in [0.05, 0.1) is 6.61 Å². The molecule has 100 valence electrons. The SMILES string of the molecule is Nc1cc(F)cc(COCCCc2ccncc2)c1. The number of ether oxygens (including phenoxy) is 1. The number of aryl methyl sites for hydroxylation is 1. The van der Waals surface area contributed by atoms with Crippen molar-refractivity contribution in [3.63, 3.8) is 0 Å². The molecule has 0 aliphatic carbocycles. The van der Waals surface area contributed by atoms with E-state index in [4.69, 9.17) is 10.5 Å². The molecule has 0 radical (unpaired) electrons. The number of nitrogens with zero attached hydrogens (tertiary/aromatic N) is 1. The number of aromatic nitrogens is 1. The minimum absolute atomic E-state index is 0.324. The first kappa shape index (κ1) is 13.5. The summed E-state index contributed by atoms with van der Waals surface area (Å²) in [5.74, 6) is -0.324. The number of benzene rings is 1. The highest BCUT2D eigenvalue weighted by Gasteiger charge is 1.99. The highest BCUT2D eigenvalue weighted by molar-refractivity contribution is 5.41. The van der Waals surface area contributed by atoms with E-state index < -0.39 is 0 Å². The van der Waals surface area contributed by atoms with Crippen molar-refractivity contribution in [2.45, 2.75) is 19.4 Å². The first-order valence-corrected chi connectivity index (χ1v) is 6.25. The lowest BCUT2D eigenvalue weighted by atomic mass is 10.1. The Morgan fingerprint density at radius 1 is 1.11 bits per heavy atom. The predicted octanol–water partition coefficient (Wildman–Crippen LogP) is 2.95. The molecule has 0 aliphatic heterocycles. The van der Waals surface area contributed by atoms with Crippen molar-refractivity contribution in [2.24, 2.45) is 0 Å². The Hall–Kier alpha value is -1.94. The number of nitrogens with two attached hydrogens (primary N) is 1. The van der Waals surface area contributed by atoms with E-state index in [0.29, 0.717) is 18.9 Å². The molecular formula is C15H17FN2O. The minimum atomic E-state index is -0.324. The van der Waals surface area contributed by atoms with Gasteiger partial charge in [-0.15, -0.1) is 0 Å². The molecule has 0 amide bonds. The zero-order valence-electron chi connectivity index (χ0n) is 10.7. The van der Waals surface area contributed by atoms with Gasteiger partial charge in [0.25, 0.3) is 0 Å². The van der Waals surface area contributed by atoms with Crippen LogP contribution in [0.5, 0.6) is 0 Å². The van der Waals surface area contributed by atoms with Crippen molar-refractivity contribution >= 4 is 5.69 Å². The Morgan fingerprint density at radius 2 is 1.89 bits per heavy atom. The summed E-state index contributed by atoms with van der Waals surface area (Å²) >= 11 is 0. The van der Waals surface area contributed by atoms with Crippen LogP contribution in [0.4, 0.5) is 10.1 Å². The Labute approximate surface area is 112 Å². The van der Waals surface area contributed by atoms with Gasteiger partial charge in [-0.25, -0.2) is 4.39 Å². The maximum atomic E-state index is 13.1. The van der Waals surface area contributed by atoms with Crippen molar-refractivity contribution in [2.75, 3.05) is 12.3 Å². The third-order valence-corrected chi connectivity index (χ3v) is 2.75. The van der Waals surface area contributed by atoms with Gasteiger partial charge in [-0.3, -0.25) is 4.98 Å². The molecule has 19 heavy (non-hydrogen) atoms. The topological polar surface area (TPSA) is 48.1 Å². The van der Waals surface area contributed by atoms with Crippen molar-refractivity contribution in [1.29, 1.82) is 0 Å². The van der Waals surface area contributed by atoms with E-state index in [1.165, 1.54) is 17.7 Å². The van der Waals surface area contributed by atoms with E-state index in [0.717, 1.165) is 18.4 Å². The normalized spacial score (nSPS) is 10.6. The zero-order valence-corrected chi connectivity index (χ0v) is 10.7. The van der Waals surface area contributed by atoms with Crippen LogP contribution in [0.1, 0.15) is 17.5 Å². The third-order valence-electron chi connectivity index (χ3n) is 2.75. The monoisotopic (exact) mass is 260 g/mol. The van der Waals surface area contributed by atoms with Gasteiger partial charge in [-0.05, 0) is 54.3 Å². The van der Waals surface area contributed by atoms with E-state index in [1.54, 1.807) is 18.5 Å². The second-order valence-corrected chi connectivity index (χ2v) is 4.40. The van der Waals surface area contributed by atoms with Crippen LogP contribution in [0.15, 0.2) is 42.7 Å². The molecule has 3 nitrogen and oxygen atoms in total. The first-order valence-electron chi connectivity index (χ1n) is 6.25. The second-order valence-electron chi connectivity index (χ2n) is 4.40. The van der Waals surface area contributed by atoms with E-state index in [1.807, 2.05) is 12.1 Å². The molecule has 2 rings (SSSR count). The fourth-order valence-corrected chi connectivity index (χ4v) is 1.88. The molecule has 1 aromatic carbocycles. The van der Waals surface area contributed by atoms with Crippen molar-refractivity contribution in [3.8, 4) is 0 Å². The lowest BCUT2D eigenvalue weighted by molar-refractivity contribution is 0.118. The van der Waals surface area contributed by atoms with Crippen molar-refractivity contribution in [1.82, 2.24) is 4.98 Å². The first-order chi connectivity index (χ1) is 9.24. The maximum absolute atomic E-state index is 13.1. The largest absolute Gasteiger partial charge is 0.399 e. The molecule has 0 spiro atoms. The average molecular weight is 260 g/mol. The van der Waals surface area contributed by atoms with E-state index in [-0.39, 0.29) is 5.82 Å². The summed E-state index contributed by atoms with van der Waals surface area (Å²) in [5, 5.41) is 0. The Morgan fingerprint density at radius 3 is 2.63 bits per heavy atom. The highest BCUT2D eigenvalue weighted by Crippen LogP contribution is 2.12. The van der Waals surface area contributed by atoms with Gasteiger partial charge < -0.3 is 10.5 Å². The minimum Gasteiger partial charge on any atom is -0.399 e. The predicted molar refractivity (Wildman–Crippen MR) is 73.0 cm³/mol. The van der Waals surface area contributed by atoms with Gasteiger partial charge >= 0.3 is 0 Å². The Kier molecular flexibility index (Phi) is 4.86. The van der Waals surface area contributed by atoms with E-state index in [9.17, 15) is 4.39 Å². The number of nitrogen functional groups attached to an aromatic ring is 1. The molecule has 2 N–H and O–H groups in total. The standard InChI is InChI=1S/C15H17FN2O/c16-14-8-13(9-15(17)10-14)11-19-7-1-2-12-3-5-18-6-4-12/h3-6,8-10H,1-2,7,11,17H2. The maximum Gasteiger partial charge on any atom is 0.125 e. The summed E-state index contributed by atoms with van der Waals surface area (Å²) in [6, 6.07) is 8.46. The summed E-state index contributed by atoms with van der Waals surface area (Å²) in [5.41, 5.74) is 8.00. The second kappa shape index (κ2) is 6.85. The van der Waals surface area contributed by atoms with Crippen LogP contribution in [0.3, 0.4) is 0 Å². The molecule has 0 saturated heterocycles. The van der Waals surface area contributed by atoms with E-state index >= 15 is 0 Å². The Bertz CT molecular complexity index is 497. The summed E-state index contributed by atoms with van der Waals surface area (Å²) in [6.45, 7) is 1.02. The van der Waals surface area contributed by atoms with Crippen LogP contribution >= 0.6 is 0 Å². The lowest BCUT2D eigenvalue weighted by Gasteiger charge is -2.06. The van der Waals surface area contributed by atoms with Gasteiger partial charge in [-0.1, -0.05) is 0 Å². The molecule has 4 heteroatoms. The summed E-state index contributed by atoms with van der Waals surface area (Å²) in [7, 11) is 0. The third kappa shape index (κ3) is 4.67. The van der Waals surface area contributed by atoms with Gasteiger partial charge in [0.15, 0.2) is 0 Å². The van der Waals surface area contributed by atoms with Crippen LogP contribution in [-0.2, 0) is 17.8 Å². The molecule has 2 aromatic rings. The highest BCUT2D eigenvalue weighted by atomic mass is 19.1. The lowest BCUT2D eigenvalue weighted by Crippen LogP contribution is -1.99. The van der Waals surface area contributed by atoms with Crippen LogP contribution in [0.2, 0.25) is 0 Å². The molecular weight excluding hydrogens is 243 g/mol. The summed E-state index contributed by atoms with van der Waals surface area (Å²) < 4.78 is 18.6. The van der Waals surface area contributed by atoms with E-state index in [2.05, 4.69) is 4.98 Å². The molecule has 1 aromatic heterocycles. The van der Waals surface area contributed by atoms with Gasteiger partial charge in [0, 0.05) is 24.7 Å². The van der Waals surface area contributed by atoms with Gasteiger partial charge in [-0.2, -0.15) is 0 Å². The molecule has 0 aliphatic rings. The number of hydrogen-bond donors (Lipinski definition) is 1. The number of pyridine rings is 1. The van der Waals surface area contributed by atoms with Crippen LogP contribution in [0, 0.1) is 5.82 Å². The summed E-state index contributed by atoms with van der Waals surface area (Å²) in [4.78, 5) is 3.97. The molecule has 0 saturated carbocycles. The van der Waals surface area contributed by atoms with Crippen LogP contribution in [-0.4, -0.2) is 11.6 Å². The smallest absolute Gasteiger partial charge is 0.125 e. The van der Waals surface area contributed by atoms with Gasteiger partial charge in [0.2, 0.25) is 0 Å². The van der Waals surface area contributed by atoms with Crippen molar-refractivity contribution in [3.05, 3.63) is 59.7 Å². The van der Waals surface area contributed by atoms with Crippen molar-refractivity contribution < 1.29 is 9.13 Å². The molecule has 0 unspecified atom stereocenters.